The molecule has 0 saturated carbocycles. The van der Waals surface area contributed by atoms with Gasteiger partial charge in [0, 0.05) is 6.54 Å². The summed E-state index contributed by atoms with van der Waals surface area (Å²) in [5, 5.41) is 0. The summed E-state index contributed by atoms with van der Waals surface area (Å²) in [5.74, 6) is 0.861. The average molecular weight is 262 g/mol. The molecule has 5 heteroatoms. The fourth-order valence-electron chi connectivity index (χ4n) is 1.26. The molecule has 0 atom stereocenters. The smallest absolute Gasteiger partial charge is 0.234 e. The molecule has 0 aliphatic heterocycles. The van der Waals surface area contributed by atoms with Crippen LogP contribution >= 0.6 is 0 Å². The standard InChI is InChI=1S/C11H13NO2.C3H5NO/c1-14-11-6-4-10(5-7-11)3-2-8-12-9-13;1-2-4-3-5/h4-7H,2-3,8H2,1H3;2H2,1H3. The van der Waals surface area contributed by atoms with E-state index in [2.05, 4.69) is 9.98 Å². The minimum absolute atomic E-state index is 0.545. The van der Waals surface area contributed by atoms with Crippen molar-refractivity contribution in [3.63, 3.8) is 0 Å². The summed E-state index contributed by atoms with van der Waals surface area (Å²) >= 11 is 0. The van der Waals surface area contributed by atoms with Gasteiger partial charge in [0.15, 0.2) is 0 Å². The maximum Gasteiger partial charge on any atom is 0.234 e. The first-order chi connectivity index (χ1) is 9.28. The summed E-state index contributed by atoms with van der Waals surface area (Å²) in [7, 11) is 1.65. The van der Waals surface area contributed by atoms with Crippen LogP contribution in [0.15, 0.2) is 34.3 Å². The third-order valence-corrected chi connectivity index (χ3v) is 2.18. The van der Waals surface area contributed by atoms with Gasteiger partial charge in [-0.05, 0) is 37.5 Å². The van der Waals surface area contributed by atoms with Crippen molar-refractivity contribution in [2.24, 2.45) is 9.98 Å². The normalized spacial score (nSPS) is 8.32. The Morgan fingerprint density at radius 2 is 1.74 bits per heavy atom. The van der Waals surface area contributed by atoms with Crippen LogP contribution in [0, 0.1) is 0 Å². The molecular formula is C14H18N2O3. The number of ether oxygens (including phenoxy) is 1. The minimum atomic E-state index is 0.545. The molecule has 0 spiro atoms. The van der Waals surface area contributed by atoms with E-state index in [4.69, 9.17) is 9.53 Å². The second-order valence-corrected chi connectivity index (χ2v) is 3.49. The summed E-state index contributed by atoms with van der Waals surface area (Å²) in [5.41, 5.74) is 1.23. The highest BCUT2D eigenvalue weighted by Gasteiger charge is 1.93. The minimum Gasteiger partial charge on any atom is -0.497 e. The van der Waals surface area contributed by atoms with E-state index in [-0.39, 0.29) is 0 Å². The molecule has 1 aromatic rings. The van der Waals surface area contributed by atoms with Crippen LogP contribution in [0.2, 0.25) is 0 Å². The van der Waals surface area contributed by atoms with Crippen LogP contribution in [0.5, 0.6) is 5.75 Å². The van der Waals surface area contributed by atoms with Crippen molar-refractivity contribution in [3.8, 4) is 5.75 Å². The molecule has 0 heterocycles. The molecule has 0 aromatic heterocycles. The first kappa shape index (κ1) is 16.8. The number of methoxy groups -OCH3 is 1. The first-order valence-electron chi connectivity index (χ1n) is 5.98. The average Bonchev–Trinajstić information content (AvgIpc) is 2.46. The highest BCUT2D eigenvalue weighted by molar-refractivity contribution is 5.33. The van der Waals surface area contributed by atoms with Gasteiger partial charge < -0.3 is 4.74 Å². The molecule has 1 rings (SSSR count). The molecule has 0 unspecified atom stereocenters. The lowest BCUT2D eigenvalue weighted by Gasteiger charge is -2.01. The maximum atomic E-state index is 9.79. The quantitative estimate of drug-likeness (QED) is 0.449. The van der Waals surface area contributed by atoms with Gasteiger partial charge in [-0.1, -0.05) is 12.1 Å². The Kier molecular flexibility index (Phi) is 10.8. The van der Waals surface area contributed by atoms with Gasteiger partial charge in [-0.2, -0.15) is 0 Å². The molecule has 0 radical (unpaired) electrons. The third-order valence-electron chi connectivity index (χ3n) is 2.18. The number of hydrogen-bond donors (Lipinski definition) is 0. The van der Waals surface area contributed by atoms with Gasteiger partial charge in [-0.25, -0.2) is 19.6 Å². The van der Waals surface area contributed by atoms with Crippen molar-refractivity contribution >= 4 is 12.2 Å². The topological polar surface area (TPSA) is 68.1 Å². The Morgan fingerprint density at radius 3 is 2.16 bits per heavy atom. The molecule has 102 valence electrons. The van der Waals surface area contributed by atoms with E-state index < -0.39 is 0 Å². The predicted molar refractivity (Wildman–Crippen MR) is 73.0 cm³/mol. The van der Waals surface area contributed by atoms with Gasteiger partial charge in [0.1, 0.15) is 5.75 Å². The number of hydrogen-bond acceptors (Lipinski definition) is 5. The van der Waals surface area contributed by atoms with Crippen LogP contribution in [-0.4, -0.2) is 32.4 Å². The Bertz CT molecular complexity index is 431. The summed E-state index contributed by atoms with van der Waals surface area (Å²) in [6, 6.07) is 7.89. The molecule has 0 aliphatic rings. The molecule has 0 amide bonds. The fraction of sp³-hybridized carbons (Fsp3) is 0.429. The monoisotopic (exact) mass is 262 g/mol. The van der Waals surface area contributed by atoms with Gasteiger partial charge in [0.05, 0.1) is 13.7 Å². The van der Waals surface area contributed by atoms with Gasteiger partial charge in [-0.3, -0.25) is 0 Å². The highest BCUT2D eigenvalue weighted by atomic mass is 16.5. The Morgan fingerprint density at radius 1 is 1.11 bits per heavy atom. The van der Waals surface area contributed by atoms with Gasteiger partial charge in [-0.15, -0.1) is 0 Å². The van der Waals surface area contributed by atoms with Crippen LogP contribution in [0.25, 0.3) is 0 Å². The molecule has 0 N–H and O–H groups in total. The summed E-state index contributed by atoms with van der Waals surface area (Å²) < 4.78 is 5.04. The molecule has 1 aromatic carbocycles. The van der Waals surface area contributed by atoms with Gasteiger partial charge in [0.25, 0.3) is 0 Å². The number of benzene rings is 1. The number of nitrogens with zero attached hydrogens (tertiary/aromatic N) is 2. The lowest BCUT2D eigenvalue weighted by atomic mass is 10.1. The zero-order valence-corrected chi connectivity index (χ0v) is 11.3. The van der Waals surface area contributed by atoms with E-state index in [0.29, 0.717) is 13.1 Å². The lowest BCUT2D eigenvalue weighted by molar-refractivity contribution is 0.414. The fourth-order valence-corrected chi connectivity index (χ4v) is 1.26. The maximum absolute atomic E-state index is 9.79. The number of rotatable bonds is 6. The number of isocyanates is 2. The van der Waals surface area contributed by atoms with Crippen LogP contribution in [0.1, 0.15) is 18.9 Å². The third kappa shape index (κ3) is 9.48. The molecule has 19 heavy (non-hydrogen) atoms. The van der Waals surface area contributed by atoms with Crippen LogP contribution in [0.3, 0.4) is 0 Å². The molecule has 0 bridgehead atoms. The summed E-state index contributed by atoms with van der Waals surface area (Å²) in [6.45, 7) is 2.88. The van der Waals surface area contributed by atoms with Crippen LogP contribution < -0.4 is 4.74 Å². The molecule has 5 nitrogen and oxygen atoms in total. The Hall–Kier alpha value is -2.22. The zero-order chi connectivity index (χ0) is 14.3. The highest BCUT2D eigenvalue weighted by Crippen LogP contribution is 2.12. The van der Waals surface area contributed by atoms with Crippen molar-refractivity contribution in [2.75, 3.05) is 20.2 Å². The Balaban J connectivity index is 0.000000555. The van der Waals surface area contributed by atoms with E-state index in [1.807, 2.05) is 24.3 Å². The molecule has 0 saturated heterocycles. The van der Waals surface area contributed by atoms with Crippen molar-refractivity contribution in [3.05, 3.63) is 29.8 Å². The number of carbonyl (C=O) groups excluding carboxylic acids is 2. The van der Waals surface area contributed by atoms with Gasteiger partial charge >= 0.3 is 0 Å². The number of aliphatic imine (C=N–C) groups is 2. The van der Waals surface area contributed by atoms with E-state index in [1.54, 1.807) is 14.0 Å². The van der Waals surface area contributed by atoms with E-state index >= 15 is 0 Å². The van der Waals surface area contributed by atoms with Gasteiger partial charge in [0.2, 0.25) is 12.2 Å². The molecule has 0 aliphatic carbocycles. The molecule has 0 fully saturated rings. The first-order valence-corrected chi connectivity index (χ1v) is 5.98. The second kappa shape index (κ2) is 12.2. The molecular weight excluding hydrogens is 244 g/mol. The number of aryl methyl sites for hydroxylation is 1. The predicted octanol–water partition coefficient (Wildman–Crippen LogP) is 2.31. The van der Waals surface area contributed by atoms with Crippen molar-refractivity contribution in [1.82, 2.24) is 0 Å². The van der Waals surface area contributed by atoms with Crippen molar-refractivity contribution in [1.29, 1.82) is 0 Å². The largest absolute Gasteiger partial charge is 0.497 e. The van der Waals surface area contributed by atoms with E-state index in [9.17, 15) is 4.79 Å². The SMILES string of the molecule is CCN=C=O.COc1ccc(CCCN=C=O)cc1. The second-order valence-electron chi connectivity index (χ2n) is 3.49. The van der Waals surface area contributed by atoms with Crippen molar-refractivity contribution < 1.29 is 14.3 Å². The zero-order valence-electron chi connectivity index (χ0n) is 11.3. The van der Waals surface area contributed by atoms with E-state index in [1.165, 1.54) is 17.7 Å². The van der Waals surface area contributed by atoms with Crippen LogP contribution in [-0.2, 0) is 16.0 Å². The van der Waals surface area contributed by atoms with E-state index in [0.717, 1.165) is 18.6 Å². The summed E-state index contributed by atoms with van der Waals surface area (Å²) in [4.78, 5) is 25.6. The van der Waals surface area contributed by atoms with Crippen molar-refractivity contribution in [2.45, 2.75) is 19.8 Å². The van der Waals surface area contributed by atoms with Crippen LogP contribution in [0.4, 0.5) is 0 Å². The Labute approximate surface area is 113 Å². The summed E-state index contributed by atoms with van der Waals surface area (Å²) in [6.07, 6.45) is 4.72. The lowest BCUT2D eigenvalue weighted by Crippen LogP contribution is -1.89.